The van der Waals surface area contributed by atoms with Gasteiger partial charge in [-0.25, -0.2) is 4.98 Å². The van der Waals surface area contributed by atoms with Crippen molar-refractivity contribution in [1.29, 1.82) is 0 Å². The highest BCUT2D eigenvalue weighted by molar-refractivity contribution is 6.33. The molecule has 1 aromatic rings. The summed E-state index contributed by atoms with van der Waals surface area (Å²) in [5.74, 6) is -0.434. The van der Waals surface area contributed by atoms with Crippen LogP contribution in [0.15, 0.2) is 12.3 Å². The Labute approximate surface area is 115 Å². The summed E-state index contributed by atoms with van der Waals surface area (Å²) in [5.41, 5.74) is 5.73. The minimum absolute atomic E-state index is 0.165. The number of nitrogens with one attached hydrogen (secondary N) is 2. The molecular weight excluding hydrogens is 268 g/mol. The maximum absolute atomic E-state index is 11.9. The first kappa shape index (κ1) is 13.6. The number of nitrogens with two attached hydrogens (primary N) is 1. The molecule has 2 amide bonds. The zero-order valence-corrected chi connectivity index (χ0v) is 11.2. The third-order valence-electron chi connectivity index (χ3n) is 2.80. The summed E-state index contributed by atoms with van der Waals surface area (Å²) in [7, 11) is 0. The molecule has 1 heterocycles. The Bertz CT molecular complexity index is 516. The predicted octanol–water partition coefficient (Wildman–Crippen LogP) is 0.714. The number of aromatic nitrogens is 1. The number of pyridine rings is 1. The first-order valence-electron chi connectivity index (χ1n) is 5.99. The molecule has 7 heteroatoms. The van der Waals surface area contributed by atoms with Crippen molar-refractivity contribution in [3.8, 4) is 0 Å². The molecule has 1 aliphatic carbocycles. The van der Waals surface area contributed by atoms with Gasteiger partial charge in [0.05, 0.1) is 10.6 Å². The average Bonchev–Trinajstić information content (AvgIpc) is 3.16. The van der Waals surface area contributed by atoms with E-state index in [0.717, 1.165) is 12.8 Å². The third kappa shape index (κ3) is 3.57. The SMILES string of the molecule is CC(NC(=O)c1cnc(N)c(Cl)c1)C(=O)NC1CC1. The Hall–Kier alpha value is -1.82. The van der Waals surface area contributed by atoms with Crippen LogP contribution < -0.4 is 16.4 Å². The van der Waals surface area contributed by atoms with Crippen molar-refractivity contribution in [3.63, 3.8) is 0 Å². The van der Waals surface area contributed by atoms with Gasteiger partial charge in [0.2, 0.25) is 5.91 Å². The highest BCUT2D eigenvalue weighted by atomic mass is 35.5. The molecule has 0 spiro atoms. The molecule has 0 bridgehead atoms. The monoisotopic (exact) mass is 282 g/mol. The molecule has 0 radical (unpaired) electrons. The highest BCUT2D eigenvalue weighted by Gasteiger charge is 2.26. The number of anilines is 1. The van der Waals surface area contributed by atoms with Crippen molar-refractivity contribution in [2.45, 2.75) is 31.8 Å². The molecule has 1 aliphatic rings. The lowest BCUT2D eigenvalue weighted by molar-refractivity contribution is -0.122. The normalized spacial score (nSPS) is 15.7. The van der Waals surface area contributed by atoms with Crippen LogP contribution in [0.3, 0.4) is 0 Å². The second kappa shape index (κ2) is 5.44. The standard InChI is InChI=1S/C12H15ClN4O2/c1-6(11(18)17-8-2-3-8)16-12(19)7-4-9(13)10(14)15-5-7/h4-6,8H,2-3H2,1H3,(H2,14,15)(H,16,19)(H,17,18). The zero-order valence-electron chi connectivity index (χ0n) is 10.4. The molecule has 0 aliphatic heterocycles. The second-order valence-electron chi connectivity index (χ2n) is 4.57. The van der Waals surface area contributed by atoms with E-state index in [-0.39, 0.29) is 28.4 Å². The van der Waals surface area contributed by atoms with Crippen LogP contribution in [0, 0.1) is 0 Å². The maximum Gasteiger partial charge on any atom is 0.253 e. The molecule has 1 atom stereocenters. The van der Waals surface area contributed by atoms with Crippen LogP contribution in [0.4, 0.5) is 5.82 Å². The molecule has 102 valence electrons. The minimum Gasteiger partial charge on any atom is -0.382 e. The smallest absolute Gasteiger partial charge is 0.253 e. The molecule has 4 N–H and O–H groups in total. The summed E-state index contributed by atoms with van der Waals surface area (Å²) in [6.45, 7) is 1.63. The van der Waals surface area contributed by atoms with Crippen molar-refractivity contribution in [3.05, 3.63) is 22.8 Å². The largest absolute Gasteiger partial charge is 0.382 e. The van der Waals surface area contributed by atoms with E-state index in [0.29, 0.717) is 0 Å². The first-order valence-corrected chi connectivity index (χ1v) is 6.37. The van der Waals surface area contributed by atoms with Gasteiger partial charge in [0.15, 0.2) is 0 Å². The van der Waals surface area contributed by atoms with Crippen molar-refractivity contribution in [1.82, 2.24) is 15.6 Å². The van der Waals surface area contributed by atoms with E-state index in [1.165, 1.54) is 12.3 Å². The van der Waals surface area contributed by atoms with E-state index < -0.39 is 11.9 Å². The fourth-order valence-corrected chi connectivity index (χ4v) is 1.64. The van der Waals surface area contributed by atoms with Crippen LogP contribution in [0.1, 0.15) is 30.1 Å². The number of halogens is 1. The lowest BCUT2D eigenvalue weighted by Gasteiger charge is -2.13. The van der Waals surface area contributed by atoms with Gasteiger partial charge >= 0.3 is 0 Å². The van der Waals surface area contributed by atoms with E-state index in [4.69, 9.17) is 17.3 Å². The van der Waals surface area contributed by atoms with Crippen LogP contribution in [0.2, 0.25) is 5.02 Å². The fourth-order valence-electron chi connectivity index (χ4n) is 1.47. The quantitative estimate of drug-likeness (QED) is 0.758. The van der Waals surface area contributed by atoms with Crippen LogP contribution in [0.5, 0.6) is 0 Å². The summed E-state index contributed by atoms with van der Waals surface area (Å²) < 4.78 is 0. The van der Waals surface area contributed by atoms with Gasteiger partial charge in [-0.3, -0.25) is 9.59 Å². The minimum atomic E-state index is -0.607. The van der Waals surface area contributed by atoms with E-state index in [9.17, 15) is 9.59 Å². The van der Waals surface area contributed by atoms with Crippen molar-refractivity contribution >= 4 is 29.2 Å². The number of carbonyl (C=O) groups is 2. The number of carbonyl (C=O) groups excluding carboxylic acids is 2. The van der Waals surface area contributed by atoms with Gasteiger partial charge in [-0.05, 0) is 25.8 Å². The van der Waals surface area contributed by atoms with E-state index in [2.05, 4.69) is 15.6 Å². The van der Waals surface area contributed by atoms with Gasteiger partial charge in [0, 0.05) is 12.2 Å². The van der Waals surface area contributed by atoms with E-state index in [1.807, 2.05) is 0 Å². The van der Waals surface area contributed by atoms with Crippen LogP contribution in [-0.4, -0.2) is 28.9 Å². The fraction of sp³-hybridized carbons (Fsp3) is 0.417. The Morgan fingerprint density at radius 2 is 2.21 bits per heavy atom. The van der Waals surface area contributed by atoms with Crippen molar-refractivity contribution in [2.24, 2.45) is 0 Å². The van der Waals surface area contributed by atoms with Gasteiger partial charge in [-0.1, -0.05) is 11.6 Å². The molecule has 6 nitrogen and oxygen atoms in total. The molecule has 2 rings (SSSR count). The number of rotatable bonds is 4. The molecule has 0 aromatic carbocycles. The van der Waals surface area contributed by atoms with Crippen LogP contribution >= 0.6 is 11.6 Å². The number of nitrogen functional groups attached to an aromatic ring is 1. The van der Waals surface area contributed by atoms with Crippen molar-refractivity contribution in [2.75, 3.05) is 5.73 Å². The topological polar surface area (TPSA) is 97.1 Å². The number of hydrogen-bond acceptors (Lipinski definition) is 4. The molecule has 19 heavy (non-hydrogen) atoms. The third-order valence-corrected chi connectivity index (χ3v) is 3.10. The van der Waals surface area contributed by atoms with Gasteiger partial charge in [-0.15, -0.1) is 0 Å². The summed E-state index contributed by atoms with van der Waals surface area (Å²) in [5, 5.41) is 5.61. The predicted molar refractivity (Wildman–Crippen MR) is 71.8 cm³/mol. The van der Waals surface area contributed by atoms with Gasteiger partial charge in [0.25, 0.3) is 5.91 Å². The molecule has 1 fully saturated rings. The van der Waals surface area contributed by atoms with Gasteiger partial charge in [-0.2, -0.15) is 0 Å². The first-order chi connectivity index (χ1) is 8.97. The number of nitrogens with zero attached hydrogens (tertiary/aromatic N) is 1. The zero-order chi connectivity index (χ0) is 14.0. The second-order valence-corrected chi connectivity index (χ2v) is 4.98. The van der Waals surface area contributed by atoms with E-state index >= 15 is 0 Å². The number of amides is 2. The maximum atomic E-state index is 11.9. The summed E-state index contributed by atoms with van der Waals surface area (Å²) >= 11 is 5.79. The summed E-state index contributed by atoms with van der Waals surface area (Å²) in [6, 6.07) is 1.08. The number of hydrogen-bond donors (Lipinski definition) is 3. The lowest BCUT2D eigenvalue weighted by Crippen LogP contribution is -2.45. The van der Waals surface area contributed by atoms with Gasteiger partial charge in [0.1, 0.15) is 11.9 Å². The molecular formula is C12H15ClN4O2. The molecule has 1 aromatic heterocycles. The molecule has 1 saturated carbocycles. The molecule has 1 unspecified atom stereocenters. The van der Waals surface area contributed by atoms with Crippen molar-refractivity contribution < 1.29 is 9.59 Å². The Morgan fingerprint density at radius 1 is 1.53 bits per heavy atom. The average molecular weight is 283 g/mol. The van der Waals surface area contributed by atoms with Gasteiger partial charge < -0.3 is 16.4 Å². The Kier molecular flexibility index (Phi) is 3.90. The summed E-state index contributed by atoms with van der Waals surface area (Å²) in [4.78, 5) is 27.4. The molecule has 0 saturated heterocycles. The Balaban J connectivity index is 1.95. The lowest BCUT2D eigenvalue weighted by atomic mass is 10.2. The summed E-state index contributed by atoms with van der Waals surface area (Å²) in [6.07, 6.45) is 3.33. The van der Waals surface area contributed by atoms with Crippen LogP contribution in [0.25, 0.3) is 0 Å². The van der Waals surface area contributed by atoms with E-state index in [1.54, 1.807) is 6.92 Å². The highest BCUT2D eigenvalue weighted by Crippen LogP contribution is 2.19. The Morgan fingerprint density at radius 3 is 2.79 bits per heavy atom. The van der Waals surface area contributed by atoms with Crippen LogP contribution in [-0.2, 0) is 4.79 Å².